The van der Waals surface area contributed by atoms with Crippen LogP contribution in [0.25, 0.3) is 16.2 Å². The molecule has 2 aromatic rings. The molecule has 0 saturated heterocycles. The molecular weight excluding hydrogens is 277 g/mol. The molecule has 0 aliphatic rings. The van der Waals surface area contributed by atoms with Gasteiger partial charge in [-0.05, 0) is 29.7 Å². The van der Waals surface area contributed by atoms with Gasteiger partial charge in [0.1, 0.15) is 5.82 Å². The van der Waals surface area contributed by atoms with Gasteiger partial charge < -0.3 is 5.21 Å². The molecule has 20 heavy (non-hydrogen) atoms. The molecule has 2 aromatic carbocycles. The largest absolute Gasteiger partial charge is 0.411 e. The molecule has 0 heterocycles. The van der Waals surface area contributed by atoms with E-state index < -0.39 is 0 Å². The number of benzene rings is 2. The lowest BCUT2D eigenvalue weighted by atomic mass is 10.0. The summed E-state index contributed by atoms with van der Waals surface area (Å²) in [6.45, 7) is 1.74. The van der Waals surface area contributed by atoms with Crippen LogP contribution in [-0.2, 0) is 0 Å². The van der Waals surface area contributed by atoms with Gasteiger partial charge in [-0.1, -0.05) is 59.2 Å². The van der Waals surface area contributed by atoms with Gasteiger partial charge in [0.15, 0.2) is 0 Å². The van der Waals surface area contributed by atoms with Crippen molar-refractivity contribution in [2.24, 2.45) is 5.16 Å². The maximum atomic E-state index is 13.7. The highest BCUT2D eigenvalue weighted by molar-refractivity contribution is 6.50. The fourth-order valence-electron chi connectivity index (χ4n) is 1.86. The van der Waals surface area contributed by atoms with Crippen LogP contribution in [-0.4, -0.2) is 11.4 Å². The first kappa shape index (κ1) is 14.3. The first-order valence-electron chi connectivity index (χ1n) is 6.02. The van der Waals surface area contributed by atoms with Crippen LogP contribution in [0.4, 0.5) is 4.39 Å². The fraction of sp³-hybridized carbons (Fsp3) is 0.0625. The quantitative estimate of drug-likeness (QED) is 0.485. The van der Waals surface area contributed by atoms with E-state index in [4.69, 9.17) is 16.8 Å². The van der Waals surface area contributed by atoms with E-state index in [1.807, 2.05) is 0 Å². The van der Waals surface area contributed by atoms with Crippen LogP contribution in [0.3, 0.4) is 0 Å². The van der Waals surface area contributed by atoms with Gasteiger partial charge in [0.05, 0.1) is 11.2 Å². The number of oxime groups is 1. The Kier molecular flexibility index (Phi) is 4.53. The zero-order valence-corrected chi connectivity index (χ0v) is 11.6. The van der Waals surface area contributed by atoms with Crippen molar-refractivity contribution in [2.75, 3.05) is 0 Å². The van der Waals surface area contributed by atoms with Crippen molar-refractivity contribution in [1.82, 2.24) is 0 Å². The summed E-state index contributed by atoms with van der Waals surface area (Å²) in [7, 11) is 0. The summed E-state index contributed by atoms with van der Waals surface area (Å²) in [6.07, 6.45) is 1.27. The van der Waals surface area contributed by atoms with Crippen LogP contribution >= 0.6 is 11.6 Å². The Labute approximate surface area is 121 Å². The van der Waals surface area contributed by atoms with E-state index in [1.165, 1.54) is 12.3 Å². The van der Waals surface area contributed by atoms with Crippen molar-refractivity contribution in [2.45, 2.75) is 6.92 Å². The summed E-state index contributed by atoms with van der Waals surface area (Å²) >= 11 is 6.17. The Morgan fingerprint density at radius 1 is 1.15 bits per heavy atom. The summed E-state index contributed by atoms with van der Waals surface area (Å²) in [4.78, 5) is 0. The Balaban J connectivity index is 2.37. The molecule has 1 N–H and O–H groups in total. The van der Waals surface area contributed by atoms with Gasteiger partial charge in [0.25, 0.3) is 0 Å². The Bertz CT molecular complexity index is 662. The monoisotopic (exact) mass is 289 g/mol. The molecule has 0 aliphatic carbocycles. The normalized spacial score (nSPS) is 12.6. The Hall–Kier alpha value is -2.13. The van der Waals surface area contributed by atoms with Crippen molar-refractivity contribution in [3.63, 3.8) is 0 Å². The second-order valence-corrected chi connectivity index (χ2v) is 4.68. The second kappa shape index (κ2) is 6.35. The number of hydrogen-bond donors (Lipinski definition) is 1. The molecule has 2 rings (SSSR count). The van der Waals surface area contributed by atoms with Gasteiger partial charge in [-0.15, -0.1) is 0 Å². The van der Waals surface area contributed by atoms with E-state index in [9.17, 15) is 4.39 Å². The summed E-state index contributed by atoms with van der Waals surface area (Å²) in [5, 5.41) is 11.9. The molecule has 0 atom stereocenters. The molecule has 0 radical (unpaired) electrons. The molecule has 0 saturated carbocycles. The van der Waals surface area contributed by atoms with Gasteiger partial charge in [-0.25, -0.2) is 4.39 Å². The zero-order valence-electron chi connectivity index (χ0n) is 10.8. The predicted octanol–water partition coefficient (Wildman–Crippen LogP) is 4.92. The van der Waals surface area contributed by atoms with Crippen LogP contribution in [0.5, 0.6) is 0 Å². The molecule has 2 nitrogen and oxygen atoms in total. The third-order valence-electron chi connectivity index (χ3n) is 2.92. The molecule has 0 aliphatic heterocycles. The van der Waals surface area contributed by atoms with E-state index in [-0.39, 0.29) is 5.82 Å². The third-order valence-corrected chi connectivity index (χ3v) is 3.44. The summed E-state index contributed by atoms with van der Waals surface area (Å²) in [5.74, 6) is -0.259. The molecular formula is C16H13ClFNO. The standard InChI is InChI=1S/C16H13ClFNO/c1-11(10-19-20)16(17)13-8-6-12(7-9-13)14-4-2-3-5-15(14)18/h2-10,20H,1H3/b16-11-,19-10?. The second-order valence-electron chi connectivity index (χ2n) is 4.30. The summed E-state index contributed by atoms with van der Waals surface area (Å²) < 4.78 is 13.7. The average molecular weight is 290 g/mol. The topological polar surface area (TPSA) is 32.6 Å². The van der Waals surface area contributed by atoms with Crippen molar-refractivity contribution in [3.8, 4) is 11.1 Å². The summed E-state index contributed by atoms with van der Waals surface area (Å²) in [6, 6.07) is 13.8. The Morgan fingerprint density at radius 3 is 2.40 bits per heavy atom. The summed E-state index contributed by atoms with van der Waals surface area (Å²) in [5.41, 5.74) is 2.76. The lowest BCUT2D eigenvalue weighted by molar-refractivity contribution is 0.321. The molecule has 0 spiro atoms. The fourth-order valence-corrected chi connectivity index (χ4v) is 2.04. The molecule has 0 amide bonds. The van der Waals surface area contributed by atoms with Crippen molar-refractivity contribution in [3.05, 3.63) is 65.5 Å². The van der Waals surface area contributed by atoms with Gasteiger partial charge >= 0.3 is 0 Å². The molecule has 0 aromatic heterocycles. The highest BCUT2D eigenvalue weighted by atomic mass is 35.5. The number of nitrogens with zero attached hydrogens (tertiary/aromatic N) is 1. The van der Waals surface area contributed by atoms with Crippen molar-refractivity contribution >= 4 is 22.8 Å². The van der Waals surface area contributed by atoms with Gasteiger partial charge in [0.2, 0.25) is 0 Å². The van der Waals surface area contributed by atoms with Crippen LogP contribution in [0.2, 0.25) is 0 Å². The van der Waals surface area contributed by atoms with Gasteiger partial charge in [-0.2, -0.15) is 0 Å². The predicted molar refractivity (Wildman–Crippen MR) is 80.6 cm³/mol. The van der Waals surface area contributed by atoms with Crippen LogP contribution in [0.15, 0.2) is 59.3 Å². The van der Waals surface area contributed by atoms with Crippen molar-refractivity contribution in [1.29, 1.82) is 0 Å². The number of halogens is 2. The SMILES string of the molecule is C/C(C=NO)=C(/Cl)c1ccc(-c2ccccc2F)cc1. The van der Waals surface area contributed by atoms with Crippen LogP contribution < -0.4 is 0 Å². The Morgan fingerprint density at radius 2 is 1.80 bits per heavy atom. The molecule has 0 fully saturated rings. The molecule has 0 unspecified atom stereocenters. The minimum atomic E-state index is -0.259. The molecule has 102 valence electrons. The lowest BCUT2D eigenvalue weighted by Crippen LogP contribution is -1.87. The van der Waals surface area contributed by atoms with Gasteiger partial charge in [0, 0.05) is 5.56 Å². The first-order chi connectivity index (χ1) is 9.63. The maximum Gasteiger partial charge on any atom is 0.131 e. The van der Waals surface area contributed by atoms with E-state index in [2.05, 4.69) is 5.16 Å². The minimum absolute atomic E-state index is 0.259. The zero-order chi connectivity index (χ0) is 14.5. The van der Waals surface area contributed by atoms with E-state index >= 15 is 0 Å². The van der Waals surface area contributed by atoms with E-state index in [0.717, 1.165) is 11.1 Å². The van der Waals surface area contributed by atoms with Gasteiger partial charge in [-0.3, -0.25) is 0 Å². The molecule has 0 bridgehead atoms. The first-order valence-corrected chi connectivity index (χ1v) is 6.40. The highest BCUT2D eigenvalue weighted by Gasteiger charge is 2.06. The third kappa shape index (κ3) is 3.06. The van der Waals surface area contributed by atoms with E-state index in [0.29, 0.717) is 16.2 Å². The average Bonchev–Trinajstić information content (AvgIpc) is 2.47. The number of allylic oxidation sites excluding steroid dienone is 1. The number of rotatable bonds is 3. The van der Waals surface area contributed by atoms with Crippen LogP contribution in [0, 0.1) is 5.82 Å². The van der Waals surface area contributed by atoms with Crippen molar-refractivity contribution < 1.29 is 9.60 Å². The molecule has 4 heteroatoms. The van der Waals surface area contributed by atoms with E-state index in [1.54, 1.807) is 49.4 Å². The smallest absolute Gasteiger partial charge is 0.131 e. The number of hydrogen-bond acceptors (Lipinski definition) is 2. The lowest BCUT2D eigenvalue weighted by Gasteiger charge is -2.06. The highest BCUT2D eigenvalue weighted by Crippen LogP contribution is 2.27. The maximum absolute atomic E-state index is 13.7. The minimum Gasteiger partial charge on any atom is -0.411 e. The van der Waals surface area contributed by atoms with Crippen LogP contribution in [0.1, 0.15) is 12.5 Å².